The predicted octanol–water partition coefficient (Wildman–Crippen LogP) is 3.47. The van der Waals surface area contributed by atoms with Gasteiger partial charge in [-0.2, -0.15) is 0 Å². The summed E-state index contributed by atoms with van der Waals surface area (Å²) in [5.74, 6) is -0.0642. The van der Waals surface area contributed by atoms with Crippen molar-refractivity contribution in [1.82, 2.24) is 5.48 Å². The Balaban J connectivity index is 1.96. The van der Waals surface area contributed by atoms with E-state index in [1.54, 1.807) is 0 Å². The highest BCUT2D eigenvalue weighted by molar-refractivity contribution is 7.80. The molecule has 0 fully saturated rings. The smallest absolute Gasteiger partial charge is 0.228 e. The van der Waals surface area contributed by atoms with E-state index in [-0.39, 0.29) is 18.4 Å². The molecule has 2 rings (SSSR count). The molecule has 0 bridgehead atoms. The van der Waals surface area contributed by atoms with Crippen LogP contribution in [0.4, 0.5) is 5.69 Å². The van der Waals surface area contributed by atoms with Crippen LogP contribution in [0.3, 0.4) is 0 Å². The lowest BCUT2D eigenvalue weighted by atomic mass is 10.1. The van der Waals surface area contributed by atoms with Crippen LogP contribution in [-0.4, -0.2) is 17.0 Å². The first-order valence-electron chi connectivity index (χ1n) is 7.44. The van der Waals surface area contributed by atoms with Crippen molar-refractivity contribution in [2.75, 3.05) is 5.32 Å². The highest BCUT2D eigenvalue weighted by atomic mass is 32.1. The van der Waals surface area contributed by atoms with Crippen molar-refractivity contribution in [3.8, 4) is 0 Å². The third-order valence-electron chi connectivity index (χ3n) is 3.00. The van der Waals surface area contributed by atoms with E-state index in [1.807, 2.05) is 68.4 Å². The van der Waals surface area contributed by atoms with Gasteiger partial charge in [-0.25, -0.2) is 0 Å². The molecule has 0 radical (unpaired) electrons. The Morgan fingerprint density at radius 2 is 1.87 bits per heavy atom. The summed E-state index contributed by atoms with van der Waals surface area (Å²) in [5, 5.41) is 2.87. The molecule has 0 saturated carbocycles. The van der Waals surface area contributed by atoms with Crippen LogP contribution in [0.1, 0.15) is 25.0 Å². The average molecular weight is 328 g/mol. The first-order valence-corrected chi connectivity index (χ1v) is 7.85. The minimum Gasteiger partial charge on any atom is -0.326 e. The molecule has 2 N–H and O–H groups in total. The molecular formula is C18H20N2O2S. The van der Waals surface area contributed by atoms with Crippen molar-refractivity contribution in [2.24, 2.45) is 0 Å². The first kappa shape index (κ1) is 17.1. The Bertz CT molecular complexity index is 672. The third-order valence-corrected chi connectivity index (χ3v) is 3.32. The van der Waals surface area contributed by atoms with E-state index in [1.165, 1.54) is 0 Å². The van der Waals surface area contributed by atoms with Gasteiger partial charge >= 0.3 is 0 Å². The lowest BCUT2D eigenvalue weighted by Gasteiger charge is -2.11. The van der Waals surface area contributed by atoms with E-state index in [0.29, 0.717) is 4.99 Å². The van der Waals surface area contributed by atoms with Gasteiger partial charge in [0.05, 0.1) is 12.5 Å². The van der Waals surface area contributed by atoms with Crippen LogP contribution in [0, 0.1) is 0 Å². The second-order valence-electron chi connectivity index (χ2n) is 5.39. The standard InChI is InChI=1S/C18H20N2O2S/c1-13(2)22-20-18(23)15-8-6-7-14(11-15)12-17(21)19-16-9-4-3-5-10-16/h3-11,13H,12H2,1-2H3,(H,19,21)(H,20,23). The summed E-state index contributed by atoms with van der Waals surface area (Å²) < 4.78 is 0. The lowest BCUT2D eigenvalue weighted by molar-refractivity contribution is -0.115. The van der Waals surface area contributed by atoms with Crippen LogP contribution >= 0.6 is 12.2 Å². The van der Waals surface area contributed by atoms with E-state index >= 15 is 0 Å². The minimum atomic E-state index is -0.0642. The minimum absolute atomic E-state index is 0.0350. The number of carbonyl (C=O) groups excluding carboxylic acids is 1. The molecule has 0 saturated heterocycles. The number of thiocarbonyl (C=S) groups is 1. The number of hydrogen-bond donors (Lipinski definition) is 2. The normalized spacial score (nSPS) is 10.4. The number of benzene rings is 2. The summed E-state index contributed by atoms with van der Waals surface area (Å²) in [5.41, 5.74) is 5.26. The summed E-state index contributed by atoms with van der Waals surface area (Å²) in [6, 6.07) is 17.0. The second-order valence-corrected chi connectivity index (χ2v) is 5.80. The van der Waals surface area contributed by atoms with Gasteiger partial charge in [0, 0.05) is 11.3 Å². The van der Waals surface area contributed by atoms with Crippen LogP contribution in [0.15, 0.2) is 54.6 Å². The van der Waals surface area contributed by atoms with Gasteiger partial charge < -0.3 is 5.32 Å². The van der Waals surface area contributed by atoms with Gasteiger partial charge in [0.25, 0.3) is 0 Å². The summed E-state index contributed by atoms with van der Waals surface area (Å²) in [4.78, 5) is 17.9. The van der Waals surface area contributed by atoms with Crippen molar-refractivity contribution in [1.29, 1.82) is 0 Å². The Morgan fingerprint density at radius 1 is 1.13 bits per heavy atom. The van der Waals surface area contributed by atoms with Gasteiger partial charge in [-0.05, 0) is 37.6 Å². The van der Waals surface area contributed by atoms with Crippen LogP contribution in [-0.2, 0) is 16.1 Å². The van der Waals surface area contributed by atoms with Crippen molar-refractivity contribution < 1.29 is 9.63 Å². The van der Waals surface area contributed by atoms with Gasteiger partial charge in [0.2, 0.25) is 5.91 Å². The fourth-order valence-electron chi connectivity index (χ4n) is 1.96. The zero-order valence-corrected chi connectivity index (χ0v) is 14.0. The Kier molecular flexibility index (Phi) is 6.26. The maximum atomic E-state index is 12.1. The SMILES string of the molecule is CC(C)ONC(=S)c1cccc(CC(=O)Nc2ccccc2)c1. The Hall–Kier alpha value is -2.24. The summed E-state index contributed by atoms with van der Waals surface area (Å²) in [7, 11) is 0. The largest absolute Gasteiger partial charge is 0.326 e. The maximum Gasteiger partial charge on any atom is 0.228 e. The fraction of sp³-hybridized carbons (Fsp3) is 0.222. The molecule has 0 aliphatic carbocycles. The van der Waals surface area contributed by atoms with E-state index in [2.05, 4.69) is 10.8 Å². The number of hydrogen-bond acceptors (Lipinski definition) is 3. The number of nitrogens with one attached hydrogen (secondary N) is 2. The first-order chi connectivity index (χ1) is 11.0. The number of amides is 1. The number of anilines is 1. The van der Waals surface area contributed by atoms with Crippen LogP contribution in [0.2, 0.25) is 0 Å². The topological polar surface area (TPSA) is 50.4 Å². The third kappa shape index (κ3) is 5.81. The van der Waals surface area contributed by atoms with Crippen molar-refractivity contribution in [2.45, 2.75) is 26.4 Å². The van der Waals surface area contributed by atoms with Crippen LogP contribution < -0.4 is 10.8 Å². The molecule has 0 spiro atoms. The van der Waals surface area contributed by atoms with Gasteiger partial charge in [0.1, 0.15) is 4.99 Å². The van der Waals surface area contributed by atoms with E-state index < -0.39 is 0 Å². The molecule has 5 heteroatoms. The molecule has 0 heterocycles. The molecule has 0 aliphatic heterocycles. The highest BCUT2D eigenvalue weighted by Gasteiger charge is 2.07. The molecule has 2 aromatic rings. The number of hydroxylamine groups is 1. The molecule has 0 aromatic heterocycles. The number of carbonyl (C=O) groups is 1. The molecule has 4 nitrogen and oxygen atoms in total. The zero-order valence-electron chi connectivity index (χ0n) is 13.2. The summed E-state index contributed by atoms with van der Waals surface area (Å²) >= 11 is 5.28. The number of para-hydroxylation sites is 1. The Morgan fingerprint density at radius 3 is 2.57 bits per heavy atom. The molecule has 23 heavy (non-hydrogen) atoms. The molecule has 1 amide bonds. The van der Waals surface area contributed by atoms with Crippen molar-refractivity contribution in [3.05, 3.63) is 65.7 Å². The predicted molar refractivity (Wildman–Crippen MR) is 96.3 cm³/mol. The van der Waals surface area contributed by atoms with E-state index in [0.717, 1.165) is 16.8 Å². The summed E-state index contributed by atoms with van der Waals surface area (Å²) in [6.45, 7) is 3.83. The van der Waals surface area contributed by atoms with E-state index in [9.17, 15) is 4.79 Å². The van der Waals surface area contributed by atoms with Gasteiger partial charge in [-0.3, -0.25) is 15.1 Å². The lowest BCUT2D eigenvalue weighted by Crippen LogP contribution is -2.26. The molecule has 120 valence electrons. The maximum absolute atomic E-state index is 12.1. The van der Waals surface area contributed by atoms with Crippen molar-refractivity contribution >= 4 is 28.8 Å². The highest BCUT2D eigenvalue weighted by Crippen LogP contribution is 2.10. The Labute approximate surface area is 141 Å². The van der Waals surface area contributed by atoms with Crippen LogP contribution in [0.25, 0.3) is 0 Å². The molecular weight excluding hydrogens is 308 g/mol. The van der Waals surface area contributed by atoms with Gasteiger partial charge in [-0.1, -0.05) is 48.6 Å². The van der Waals surface area contributed by atoms with Crippen molar-refractivity contribution in [3.63, 3.8) is 0 Å². The van der Waals surface area contributed by atoms with Gasteiger partial charge in [0.15, 0.2) is 0 Å². The molecule has 0 aliphatic rings. The van der Waals surface area contributed by atoms with Crippen LogP contribution in [0.5, 0.6) is 0 Å². The van der Waals surface area contributed by atoms with Gasteiger partial charge in [-0.15, -0.1) is 0 Å². The fourth-order valence-corrected chi connectivity index (χ4v) is 2.14. The second kappa shape index (κ2) is 8.41. The zero-order chi connectivity index (χ0) is 16.7. The monoisotopic (exact) mass is 328 g/mol. The number of rotatable bonds is 6. The molecule has 0 atom stereocenters. The molecule has 2 aromatic carbocycles. The summed E-state index contributed by atoms with van der Waals surface area (Å²) in [6.07, 6.45) is 0.323. The molecule has 0 unspecified atom stereocenters. The quantitative estimate of drug-likeness (QED) is 0.630. The average Bonchev–Trinajstić information content (AvgIpc) is 2.53. The van der Waals surface area contributed by atoms with E-state index in [4.69, 9.17) is 17.1 Å².